The van der Waals surface area contributed by atoms with Crippen molar-refractivity contribution < 1.29 is 9.59 Å². The van der Waals surface area contributed by atoms with Crippen LogP contribution in [-0.2, 0) is 9.59 Å². The highest BCUT2D eigenvalue weighted by atomic mass is 16.2. The number of nitrogens with zero attached hydrogens (tertiary/aromatic N) is 1. The fourth-order valence-electron chi connectivity index (χ4n) is 2.13. The molecule has 0 aromatic carbocycles. The number of hydrogen-bond donors (Lipinski definition) is 2. The van der Waals surface area contributed by atoms with Gasteiger partial charge in [-0.05, 0) is 13.0 Å². The minimum atomic E-state index is -0.0232. The predicted molar refractivity (Wildman–Crippen MR) is 66.5 cm³/mol. The molecular weight excluding hydrogens is 218 g/mol. The normalized spacial score (nSPS) is 21.4. The number of rotatable bonds is 5. The van der Waals surface area contributed by atoms with Crippen molar-refractivity contribution in [3.63, 3.8) is 0 Å². The Labute approximate surface area is 103 Å². The summed E-state index contributed by atoms with van der Waals surface area (Å²) in [7, 11) is 0. The third-order valence-corrected chi connectivity index (χ3v) is 3.03. The van der Waals surface area contributed by atoms with E-state index in [0.717, 1.165) is 26.1 Å². The van der Waals surface area contributed by atoms with E-state index in [1.54, 1.807) is 0 Å². The lowest BCUT2D eigenvalue weighted by atomic mass is 10.1. The van der Waals surface area contributed by atoms with Crippen LogP contribution < -0.4 is 10.6 Å². The topological polar surface area (TPSA) is 61.4 Å². The molecule has 1 saturated heterocycles. The Morgan fingerprint density at radius 1 is 1.47 bits per heavy atom. The van der Waals surface area contributed by atoms with Crippen LogP contribution in [0.1, 0.15) is 27.2 Å². The molecule has 17 heavy (non-hydrogen) atoms. The SMILES string of the molecule is CCNCC(C)C(=O)N1CCC(NC(C)=O)C1. The van der Waals surface area contributed by atoms with Crippen LogP contribution in [0.3, 0.4) is 0 Å². The van der Waals surface area contributed by atoms with Gasteiger partial charge in [0, 0.05) is 38.5 Å². The largest absolute Gasteiger partial charge is 0.352 e. The number of carbonyl (C=O) groups excluding carboxylic acids is 2. The Morgan fingerprint density at radius 2 is 2.18 bits per heavy atom. The lowest BCUT2D eigenvalue weighted by Crippen LogP contribution is -2.41. The van der Waals surface area contributed by atoms with Gasteiger partial charge in [0.05, 0.1) is 0 Å². The smallest absolute Gasteiger partial charge is 0.226 e. The van der Waals surface area contributed by atoms with Crippen molar-refractivity contribution in [3.05, 3.63) is 0 Å². The summed E-state index contributed by atoms with van der Waals surface area (Å²) in [6.45, 7) is 8.48. The van der Waals surface area contributed by atoms with E-state index in [2.05, 4.69) is 10.6 Å². The first-order valence-electron chi connectivity index (χ1n) is 6.31. The first-order valence-corrected chi connectivity index (χ1v) is 6.31. The zero-order chi connectivity index (χ0) is 12.8. The maximum absolute atomic E-state index is 12.1. The van der Waals surface area contributed by atoms with Gasteiger partial charge >= 0.3 is 0 Å². The van der Waals surface area contributed by atoms with Gasteiger partial charge in [0.25, 0.3) is 0 Å². The fourth-order valence-corrected chi connectivity index (χ4v) is 2.13. The van der Waals surface area contributed by atoms with Gasteiger partial charge in [-0.2, -0.15) is 0 Å². The van der Waals surface area contributed by atoms with E-state index in [-0.39, 0.29) is 23.8 Å². The van der Waals surface area contributed by atoms with Gasteiger partial charge < -0.3 is 15.5 Å². The van der Waals surface area contributed by atoms with E-state index in [9.17, 15) is 9.59 Å². The second kappa shape index (κ2) is 6.59. The van der Waals surface area contributed by atoms with Gasteiger partial charge in [-0.15, -0.1) is 0 Å². The molecule has 1 fully saturated rings. The van der Waals surface area contributed by atoms with Crippen molar-refractivity contribution in [2.45, 2.75) is 33.2 Å². The Kier molecular flexibility index (Phi) is 5.41. The second-order valence-electron chi connectivity index (χ2n) is 4.68. The van der Waals surface area contributed by atoms with E-state index < -0.39 is 0 Å². The molecule has 2 amide bonds. The van der Waals surface area contributed by atoms with Crippen molar-refractivity contribution in [1.82, 2.24) is 15.5 Å². The summed E-state index contributed by atoms with van der Waals surface area (Å²) < 4.78 is 0. The molecule has 0 aromatic heterocycles. The summed E-state index contributed by atoms with van der Waals surface area (Å²) >= 11 is 0. The van der Waals surface area contributed by atoms with E-state index in [0.29, 0.717) is 6.54 Å². The van der Waals surface area contributed by atoms with E-state index in [4.69, 9.17) is 0 Å². The maximum Gasteiger partial charge on any atom is 0.226 e. The molecule has 0 aliphatic carbocycles. The molecule has 1 heterocycles. The number of likely N-dealkylation sites (tertiary alicyclic amines) is 1. The Bertz CT molecular complexity index is 281. The molecule has 0 radical (unpaired) electrons. The van der Waals surface area contributed by atoms with E-state index in [1.807, 2.05) is 18.7 Å². The van der Waals surface area contributed by atoms with Crippen LogP contribution in [-0.4, -0.2) is 48.9 Å². The highest BCUT2D eigenvalue weighted by Gasteiger charge is 2.28. The van der Waals surface area contributed by atoms with E-state index >= 15 is 0 Å². The van der Waals surface area contributed by atoms with Crippen LogP contribution >= 0.6 is 0 Å². The van der Waals surface area contributed by atoms with Gasteiger partial charge in [0.1, 0.15) is 0 Å². The van der Waals surface area contributed by atoms with Crippen LogP contribution in [0.15, 0.2) is 0 Å². The minimum absolute atomic E-state index is 0.00558. The summed E-state index contributed by atoms with van der Waals surface area (Å²) in [6.07, 6.45) is 0.860. The molecular formula is C12H23N3O2. The van der Waals surface area contributed by atoms with Gasteiger partial charge in [0.15, 0.2) is 0 Å². The zero-order valence-corrected chi connectivity index (χ0v) is 11.0. The van der Waals surface area contributed by atoms with Crippen molar-refractivity contribution in [2.24, 2.45) is 5.92 Å². The first-order chi connectivity index (χ1) is 8.04. The average Bonchev–Trinajstić information content (AvgIpc) is 2.72. The third-order valence-electron chi connectivity index (χ3n) is 3.03. The van der Waals surface area contributed by atoms with Crippen molar-refractivity contribution in [3.8, 4) is 0 Å². The maximum atomic E-state index is 12.1. The first kappa shape index (κ1) is 14.0. The Balaban J connectivity index is 2.36. The quantitative estimate of drug-likeness (QED) is 0.710. The average molecular weight is 241 g/mol. The van der Waals surface area contributed by atoms with Crippen LogP contribution in [0.25, 0.3) is 0 Å². The number of hydrogen-bond acceptors (Lipinski definition) is 3. The molecule has 0 spiro atoms. The lowest BCUT2D eigenvalue weighted by Gasteiger charge is -2.21. The van der Waals surface area contributed by atoms with Gasteiger partial charge in [-0.3, -0.25) is 9.59 Å². The Morgan fingerprint density at radius 3 is 2.76 bits per heavy atom. The van der Waals surface area contributed by atoms with Crippen molar-refractivity contribution >= 4 is 11.8 Å². The molecule has 1 aliphatic heterocycles. The number of nitrogens with one attached hydrogen (secondary N) is 2. The summed E-state index contributed by atoms with van der Waals surface area (Å²) in [5.41, 5.74) is 0. The number of amides is 2. The molecule has 1 aliphatic rings. The molecule has 2 N–H and O–H groups in total. The molecule has 5 nitrogen and oxygen atoms in total. The van der Waals surface area contributed by atoms with Crippen molar-refractivity contribution in [1.29, 1.82) is 0 Å². The van der Waals surface area contributed by atoms with E-state index in [1.165, 1.54) is 6.92 Å². The number of carbonyl (C=O) groups is 2. The van der Waals surface area contributed by atoms with Crippen LogP contribution in [0.2, 0.25) is 0 Å². The fraction of sp³-hybridized carbons (Fsp3) is 0.833. The molecule has 2 atom stereocenters. The molecule has 0 saturated carbocycles. The second-order valence-corrected chi connectivity index (χ2v) is 4.68. The van der Waals surface area contributed by atoms with Crippen LogP contribution in [0.5, 0.6) is 0 Å². The summed E-state index contributed by atoms with van der Waals surface area (Å²) in [6, 6.07) is 0.128. The van der Waals surface area contributed by atoms with Crippen molar-refractivity contribution in [2.75, 3.05) is 26.2 Å². The zero-order valence-electron chi connectivity index (χ0n) is 11.0. The van der Waals surface area contributed by atoms with Gasteiger partial charge in [-0.25, -0.2) is 0 Å². The standard InChI is InChI=1S/C12H23N3O2/c1-4-13-7-9(2)12(17)15-6-5-11(8-15)14-10(3)16/h9,11,13H,4-8H2,1-3H3,(H,14,16). The molecule has 98 valence electrons. The molecule has 0 aromatic rings. The minimum Gasteiger partial charge on any atom is -0.352 e. The summed E-state index contributed by atoms with van der Waals surface area (Å²) in [5, 5.41) is 6.04. The molecule has 5 heteroatoms. The highest BCUT2D eigenvalue weighted by Crippen LogP contribution is 2.12. The molecule has 0 bridgehead atoms. The summed E-state index contributed by atoms with van der Waals surface area (Å²) in [4.78, 5) is 24.8. The highest BCUT2D eigenvalue weighted by molar-refractivity contribution is 5.79. The predicted octanol–water partition coefficient (Wildman–Crippen LogP) is -0.0310. The Hall–Kier alpha value is -1.10. The third kappa shape index (κ3) is 4.34. The van der Waals surface area contributed by atoms with Crippen LogP contribution in [0.4, 0.5) is 0 Å². The monoisotopic (exact) mass is 241 g/mol. The van der Waals surface area contributed by atoms with Crippen LogP contribution in [0, 0.1) is 5.92 Å². The molecule has 2 unspecified atom stereocenters. The lowest BCUT2D eigenvalue weighted by molar-refractivity contribution is -0.134. The van der Waals surface area contributed by atoms with Gasteiger partial charge in [-0.1, -0.05) is 13.8 Å². The molecule has 1 rings (SSSR count). The van der Waals surface area contributed by atoms with Gasteiger partial charge in [0.2, 0.25) is 11.8 Å². The summed E-state index contributed by atoms with van der Waals surface area (Å²) in [5.74, 6) is 0.162.